The molecule has 5 heteroatoms. The summed E-state index contributed by atoms with van der Waals surface area (Å²) in [5.74, 6) is 1.70. The molecule has 0 saturated carbocycles. The molecule has 3 rings (SSSR count). The Morgan fingerprint density at radius 2 is 2.08 bits per heavy atom. The molecule has 0 aliphatic carbocycles. The zero-order valence-electron chi connectivity index (χ0n) is 14.2. The van der Waals surface area contributed by atoms with Crippen LogP contribution in [0.25, 0.3) is 11.4 Å². The minimum absolute atomic E-state index is 0.189. The van der Waals surface area contributed by atoms with Crippen LogP contribution in [0.3, 0.4) is 0 Å². The van der Waals surface area contributed by atoms with E-state index in [1.165, 1.54) is 23.0 Å². The first-order chi connectivity index (χ1) is 11.7. The molecule has 24 heavy (non-hydrogen) atoms. The number of ether oxygens (including phenoxy) is 1. The highest BCUT2D eigenvalue weighted by Gasteiger charge is 2.11. The summed E-state index contributed by atoms with van der Waals surface area (Å²) in [7, 11) is 1.71. The molecule has 0 spiro atoms. The monoisotopic (exact) mass is 322 g/mol. The Kier molecular flexibility index (Phi) is 4.91. The standard InChI is InChI=1S/C19H22N4O/c1-13-7-8-18(24-3)17(9-13)14(2)20-11-15-5-4-6-16(10-15)19-21-12-22-23-19/h4-10,12,14,20H,11H2,1-3H3,(H,21,22,23). The summed E-state index contributed by atoms with van der Waals surface area (Å²) in [6.07, 6.45) is 1.52. The lowest BCUT2D eigenvalue weighted by atomic mass is 10.0. The molecule has 0 aliphatic rings. The van der Waals surface area contributed by atoms with Crippen molar-refractivity contribution in [3.05, 3.63) is 65.5 Å². The van der Waals surface area contributed by atoms with Crippen LogP contribution in [0, 0.1) is 6.92 Å². The number of aromatic nitrogens is 3. The predicted molar refractivity (Wildman–Crippen MR) is 94.8 cm³/mol. The molecule has 1 heterocycles. The zero-order valence-corrected chi connectivity index (χ0v) is 14.2. The molecule has 5 nitrogen and oxygen atoms in total. The number of H-pyrrole nitrogens is 1. The molecule has 1 atom stereocenters. The van der Waals surface area contributed by atoms with Gasteiger partial charge in [0, 0.05) is 23.7 Å². The first kappa shape index (κ1) is 16.2. The molecule has 1 aromatic heterocycles. The molecule has 0 amide bonds. The van der Waals surface area contributed by atoms with Gasteiger partial charge in [-0.05, 0) is 31.5 Å². The van der Waals surface area contributed by atoms with Crippen molar-refractivity contribution in [2.75, 3.05) is 7.11 Å². The number of nitrogens with zero attached hydrogens (tertiary/aromatic N) is 2. The number of hydrogen-bond acceptors (Lipinski definition) is 4. The molecule has 2 aromatic carbocycles. The van der Waals surface area contributed by atoms with Gasteiger partial charge in [-0.1, -0.05) is 35.9 Å². The Morgan fingerprint density at radius 3 is 2.83 bits per heavy atom. The second-order valence-corrected chi connectivity index (χ2v) is 5.88. The van der Waals surface area contributed by atoms with E-state index in [2.05, 4.69) is 58.6 Å². The fourth-order valence-corrected chi connectivity index (χ4v) is 2.75. The molecule has 0 saturated heterocycles. The lowest BCUT2D eigenvalue weighted by Gasteiger charge is -2.18. The second kappa shape index (κ2) is 7.27. The summed E-state index contributed by atoms with van der Waals surface area (Å²) in [5, 5.41) is 10.4. The maximum atomic E-state index is 5.48. The van der Waals surface area contributed by atoms with Crippen molar-refractivity contribution in [3.8, 4) is 17.1 Å². The smallest absolute Gasteiger partial charge is 0.155 e. The predicted octanol–water partition coefficient (Wildman–Crippen LogP) is 3.64. The molecule has 124 valence electrons. The molecule has 2 N–H and O–H groups in total. The van der Waals surface area contributed by atoms with Crippen LogP contribution in [0.5, 0.6) is 5.75 Å². The first-order valence-corrected chi connectivity index (χ1v) is 8.00. The van der Waals surface area contributed by atoms with Gasteiger partial charge in [0.25, 0.3) is 0 Å². The topological polar surface area (TPSA) is 62.8 Å². The molecule has 0 aliphatic heterocycles. The van der Waals surface area contributed by atoms with Gasteiger partial charge in [0.2, 0.25) is 0 Å². The van der Waals surface area contributed by atoms with Gasteiger partial charge in [-0.15, -0.1) is 0 Å². The van der Waals surface area contributed by atoms with E-state index in [-0.39, 0.29) is 6.04 Å². The first-order valence-electron chi connectivity index (χ1n) is 8.00. The quantitative estimate of drug-likeness (QED) is 0.727. The van der Waals surface area contributed by atoms with Crippen LogP contribution >= 0.6 is 0 Å². The van der Waals surface area contributed by atoms with Crippen molar-refractivity contribution in [1.82, 2.24) is 20.5 Å². The van der Waals surface area contributed by atoms with Crippen LogP contribution in [-0.2, 0) is 6.54 Å². The lowest BCUT2D eigenvalue weighted by molar-refractivity contribution is 0.401. The van der Waals surface area contributed by atoms with Crippen LogP contribution in [-0.4, -0.2) is 22.3 Å². The van der Waals surface area contributed by atoms with Gasteiger partial charge >= 0.3 is 0 Å². The normalized spacial score (nSPS) is 12.1. The van der Waals surface area contributed by atoms with Gasteiger partial charge in [-0.3, -0.25) is 5.10 Å². The summed E-state index contributed by atoms with van der Waals surface area (Å²) in [5.41, 5.74) is 4.63. The number of aromatic amines is 1. The third-order valence-electron chi connectivity index (χ3n) is 4.08. The largest absolute Gasteiger partial charge is 0.496 e. The van der Waals surface area contributed by atoms with E-state index in [4.69, 9.17) is 4.74 Å². The zero-order chi connectivity index (χ0) is 16.9. The van der Waals surface area contributed by atoms with Crippen molar-refractivity contribution in [1.29, 1.82) is 0 Å². The highest BCUT2D eigenvalue weighted by Crippen LogP contribution is 2.26. The summed E-state index contributed by atoms with van der Waals surface area (Å²) in [6, 6.07) is 14.7. The van der Waals surface area contributed by atoms with Crippen LogP contribution < -0.4 is 10.1 Å². The lowest BCUT2D eigenvalue weighted by Crippen LogP contribution is -2.18. The van der Waals surface area contributed by atoms with E-state index in [0.717, 1.165) is 23.7 Å². The average molecular weight is 322 g/mol. The Morgan fingerprint density at radius 1 is 1.21 bits per heavy atom. The fraction of sp³-hybridized carbons (Fsp3) is 0.263. The highest BCUT2D eigenvalue weighted by atomic mass is 16.5. The van der Waals surface area contributed by atoms with Gasteiger partial charge in [0.1, 0.15) is 12.1 Å². The number of benzene rings is 2. The van der Waals surface area contributed by atoms with Gasteiger partial charge in [-0.25, -0.2) is 4.98 Å². The third kappa shape index (κ3) is 3.63. The number of hydrogen-bond donors (Lipinski definition) is 2. The summed E-state index contributed by atoms with van der Waals surface area (Å²) in [6.45, 7) is 5.01. The van der Waals surface area contributed by atoms with Crippen LogP contribution in [0.4, 0.5) is 0 Å². The van der Waals surface area contributed by atoms with E-state index >= 15 is 0 Å². The Hall–Kier alpha value is -2.66. The van der Waals surface area contributed by atoms with E-state index in [0.29, 0.717) is 0 Å². The molecule has 0 fully saturated rings. The number of aryl methyl sites for hydroxylation is 1. The molecule has 3 aromatic rings. The van der Waals surface area contributed by atoms with E-state index in [1.807, 2.05) is 18.2 Å². The number of nitrogens with one attached hydrogen (secondary N) is 2. The summed E-state index contributed by atoms with van der Waals surface area (Å²) < 4.78 is 5.48. The summed E-state index contributed by atoms with van der Waals surface area (Å²) in [4.78, 5) is 4.20. The van der Waals surface area contributed by atoms with Crippen molar-refractivity contribution in [2.45, 2.75) is 26.4 Å². The van der Waals surface area contributed by atoms with Crippen molar-refractivity contribution in [3.63, 3.8) is 0 Å². The highest BCUT2D eigenvalue weighted by molar-refractivity contribution is 5.55. The maximum absolute atomic E-state index is 5.48. The van der Waals surface area contributed by atoms with Gasteiger partial charge in [0.05, 0.1) is 7.11 Å². The molecule has 1 unspecified atom stereocenters. The van der Waals surface area contributed by atoms with Crippen LogP contribution in [0.1, 0.15) is 29.7 Å². The second-order valence-electron chi connectivity index (χ2n) is 5.88. The Labute approximate surface area is 142 Å². The van der Waals surface area contributed by atoms with Crippen LogP contribution in [0.15, 0.2) is 48.8 Å². The van der Waals surface area contributed by atoms with Gasteiger partial charge < -0.3 is 10.1 Å². The molecule has 0 radical (unpaired) electrons. The van der Waals surface area contributed by atoms with E-state index in [9.17, 15) is 0 Å². The average Bonchev–Trinajstić information content (AvgIpc) is 3.14. The number of methoxy groups -OCH3 is 1. The fourth-order valence-electron chi connectivity index (χ4n) is 2.75. The minimum atomic E-state index is 0.189. The number of rotatable bonds is 6. The van der Waals surface area contributed by atoms with E-state index in [1.54, 1.807) is 7.11 Å². The van der Waals surface area contributed by atoms with Crippen molar-refractivity contribution in [2.24, 2.45) is 0 Å². The minimum Gasteiger partial charge on any atom is -0.496 e. The third-order valence-corrected chi connectivity index (χ3v) is 4.08. The SMILES string of the molecule is COc1ccc(C)cc1C(C)NCc1cccc(-c2ncn[nH]2)c1. The van der Waals surface area contributed by atoms with E-state index < -0.39 is 0 Å². The Bertz CT molecular complexity index is 799. The summed E-state index contributed by atoms with van der Waals surface area (Å²) >= 11 is 0. The van der Waals surface area contributed by atoms with Crippen LogP contribution in [0.2, 0.25) is 0 Å². The molecular formula is C19H22N4O. The van der Waals surface area contributed by atoms with Crippen molar-refractivity contribution >= 4 is 0 Å². The molecule has 0 bridgehead atoms. The maximum Gasteiger partial charge on any atom is 0.155 e. The Balaban J connectivity index is 1.72. The van der Waals surface area contributed by atoms with Crippen molar-refractivity contribution < 1.29 is 4.74 Å². The van der Waals surface area contributed by atoms with Gasteiger partial charge in [-0.2, -0.15) is 5.10 Å². The molecular weight excluding hydrogens is 300 g/mol. The van der Waals surface area contributed by atoms with Gasteiger partial charge in [0.15, 0.2) is 5.82 Å².